The van der Waals surface area contributed by atoms with E-state index in [1.165, 1.54) is 4.90 Å². The number of carboxylic acids is 1. The molecule has 0 bridgehead atoms. The zero-order chi connectivity index (χ0) is 22.8. The Labute approximate surface area is 182 Å². The standard InChI is InChI=1S/C23H30N2O6/c1-4-31-22(28)20(24-23(29)25(14-16(2)3)11-9-21(26)27)13-17-5-7-18(8-6-17)19-10-12-30-15-19/h5-8,10,12,15-16,20H,4,9,11,13-14H2,1-3H3,(H,24,29)(H,26,27)/t20-/m0/s1. The quantitative estimate of drug-likeness (QED) is 0.528. The molecule has 2 amide bonds. The fraction of sp³-hybridized carbons (Fsp3) is 0.435. The van der Waals surface area contributed by atoms with Crippen molar-refractivity contribution < 1.29 is 28.6 Å². The van der Waals surface area contributed by atoms with Gasteiger partial charge in [-0.15, -0.1) is 0 Å². The molecule has 0 fully saturated rings. The van der Waals surface area contributed by atoms with Crippen LogP contribution >= 0.6 is 0 Å². The van der Waals surface area contributed by atoms with E-state index < -0.39 is 24.0 Å². The van der Waals surface area contributed by atoms with Crippen LogP contribution in [0.4, 0.5) is 4.79 Å². The Morgan fingerprint density at radius 1 is 1.13 bits per heavy atom. The van der Waals surface area contributed by atoms with E-state index in [0.29, 0.717) is 6.54 Å². The first-order valence-corrected chi connectivity index (χ1v) is 10.4. The highest BCUT2D eigenvalue weighted by atomic mass is 16.5. The van der Waals surface area contributed by atoms with Crippen LogP contribution in [0, 0.1) is 5.92 Å². The number of hydrogen-bond donors (Lipinski definition) is 2. The number of carbonyl (C=O) groups is 3. The highest BCUT2D eigenvalue weighted by Gasteiger charge is 2.26. The topological polar surface area (TPSA) is 109 Å². The molecule has 31 heavy (non-hydrogen) atoms. The average molecular weight is 431 g/mol. The van der Waals surface area contributed by atoms with E-state index >= 15 is 0 Å². The first-order chi connectivity index (χ1) is 14.8. The predicted molar refractivity (Wildman–Crippen MR) is 115 cm³/mol. The number of urea groups is 1. The molecule has 1 heterocycles. The first-order valence-electron chi connectivity index (χ1n) is 10.4. The lowest BCUT2D eigenvalue weighted by molar-refractivity contribution is -0.145. The molecular formula is C23H30N2O6. The minimum atomic E-state index is -0.985. The zero-order valence-electron chi connectivity index (χ0n) is 18.2. The molecule has 8 heteroatoms. The van der Waals surface area contributed by atoms with Crippen molar-refractivity contribution in [2.24, 2.45) is 5.92 Å². The Balaban J connectivity index is 2.12. The first kappa shape index (κ1) is 24.0. The summed E-state index contributed by atoms with van der Waals surface area (Å²) >= 11 is 0. The smallest absolute Gasteiger partial charge is 0.329 e. The number of aliphatic carboxylic acids is 1. The second-order valence-corrected chi connectivity index (χ2v) is 7.65. The van der Waals surface area contributed by atoms with E-state index in [1.54, 1.807) is 19.5 Å². The van der Waals surface area contributed by atoms with Gasteiger partial charge in [-0.3, -0.25) is 4.79 Å². The van der Waals surface area contributed by atoms with E-state index in [4.69, 9.17) is 14.3 Å². The fourth-order valence-corrected chi connectivity index (χ4v) is 3.12. The summed E-state index contributed by atoms with van der Waals surface area (Å²) in [6, 6.07) is 8.10. The molecule has 168 valence electrons. The normalized spacial score (nSPS) is 11.7. The van der Waals surface area contributed by atoms with Crippen molar-refractivity contribution >= 4 is 18.0 Å². The maximum absolute atomic E-state index is 12.8. The monoisotopic (exact) mass is 430 g/mol. The minimum absolute atomic E-state index is 0.0638. The van der Waals surface area contributed by atoms with Crippen LogP contribution < -0.4 is 5.32 Å². The van der Waals surface area contributed by atoms with Crippen LogP contribution in [0.1, 0.15) is 32.8 Å². The third-order valence-corrected chi connectivity index (χ3v) is 4.59. The Bertz CT molecular complexity index is 845. The minimum Gasteiger partial charge on any atom is -0.481 e. The van der Waals surface area contributed by atoms with Gasteiger partial charge in [0.15, 0.2) is 0 Å². The van der Waals surface area contributed by atoms with Crippen LogP contribution in [0.2, 0.25) is 0 Å². The molecule has 2 rings (SSSR count). The molecule has 0 saturated carbocycles. The summed E-state index contributed by atoms with van der Waals surface area (Å²) in [6.45, 7) is 6.22. The number of amides is 2. The number of rotatable bonds is 11. The number of furan rings is 1. The number of esters is 1. The fourth-order valence-electron chi connectivity index (χ4n) is 3.12. The van der Waals surface area contributed by atoms with Crippen LogP contribution in [0.5, 0.6) is 0 Å². The Morgan fingerprint density at radius 3 is 2.39 bits per heavy atom. The summed E-state index contributed by atoms with van der Waals surface area (Å²) in [5.74, 6) is -1.37. The van der Waals surface area contributed by atoms with Crippen molar-refractivity contribution in [1.29, 1.82) is 0 Å². The van der Waals surface area contributed by atoms with Gasteiger partial charge in [0.1, 0.15) is 6.04 Å². The van der Waals surface area contributed by atoms with Crippen molar-refractivity contribution in [3.8, 4) is 11.1 Å². The van der Waals surface area contributed by atoms with Gasteiger partial charge in [0.2, 0.25) is 0 Å². The molecule has 0 radical (unpaired) electrons. The second kappa shape index (κ2) is 11.8. The number of benzene rings is 1. The molecule has 0 aliphatic heterocycles. The van der Waals surface area contributed by atoms with Gasteiger partial charge in [0.25, 0.3) is 0 Å². The molecule has 2 aromatic rings. The van der Waals surface area contributed by atoms with Crippen LogP contribution in [0.25, 0.3) is 11.1 Å². The largest absolute Gasteiger partial charge is 0.481 e. The van der Waals surface area contributed by atoms with E-state index in [0.717, 1.165) is 16.7 Å². The lowest BCUT2D eigenvalue weighted by Crippen LogP contribution is -2.50. The van der Waals surface area contributed by atoms with Crippen molar-refractivity contribution in [2.75, 3.05) is 19.7 Å². The van der Waals surface area contributed by atoms with Gasteiger partial charge in [-0.2, -0.15) is 0 Å². The summed E-state index contributed by atoms with van der Waals surface area (Å²) in [5.41, 5.74) is 2.78. The van der Waals surface area contributed by atoms with Gasteiger partial charge in [-0.25, -0.2) is 9.59 Å². The molecule has 1 atom stereocenters. The molecule has 0 aliphatic carbocycles. The molecule has 0 spiro atoms. The number of carbonyl (C=O) groups excluding carboxylic acids is 2. The maximum Gasteiger partial charge on any atom is 0.329 e. The highest BCUT2D eigenvalue weighted by molar-refractivity contribution is 5.84. The molecule has 8 nitrogen and oxygen atoms in total. The number of nitrogens with one attached hydrogen (secondary N) is 1. The van der Waals surface area contributed by atoms with Crippen LogP contribution in [0.3, 0.4) is 0 Å². The predicted octanol–water partition coefficient (Wildman–Crippen LogP) is 3.56. The summed E-state index contributed by atoms with van der Waals surface area (Å²) in [6.07, 6.45) is 3.34. The van der Waals surface area contributed by atoms with E-state index in [2.05, 4.69) is 5.32 Å². The number of hydrogen-bond acceptors (Lipinski definition) is 5. The van der Waals surface area contributed by atoms with E-state index in [1.807, 2.05) is 44.2 Å². The molecule has 0 saturated heterocycles. The van der Waals surface area contributed by atoms with Gasteiger partial charge >= 0.3 is 18.0 Å². The van der Waals surface area contributed by atoms with Gasteiger partial charge in [0, 0.05) is 25.1 Å². The van der Waals surface area contributed by atoms with Crippen LogP contribution in [-0.2, 0) is 20.7 Å². The van der Waals surface area contributed by atoms with Crippen LogP contribution in [-0.4, -0.2) is 53.7 Å². The molecular weight excluding hydrogens is 400 g/mol. The zero-order valence-corrected chi connectivity index (χ0v) is 18.2. The van der Waals surface area contributed by atoms with E-state index in [9.17, 15) is 14.4 Å². The lowest BCUT2D eigenvalue weighted by Gasteiger charge is -2.27. The molecule has 0 aliphatic rings. The summed E-state index contributed by atoms with van der Waals surface area (Å²) in [7, 11) is 0. The average Bonchev–Trinajstić information content (AvgIpc) is 3.25. The van der Waals surface area contributed by atoms with Crippen molar-refractivity contribution in [3.05, 3.63) is 48.4 Å². The molecule has 0 unspecified atom stereocenters. The van der Waals surface area contributed by atoms with E-state index in [-0.39, 0.29) is 31.9 Å². The summed E-state index contributed by atoms with van der Waals surface area (Å²) in [4.78, 5) is 37.7. The Kier molecular flexibility index (Phi) is 9.12. The van der Waals surface area contributed by atoms with Crippen LogP contribution in [0.15, 0.2) is 47.3 Å². The molecule has 1 aromatic heterocycles. The number of nitrogens with zero attached hydrogens (tertiary/aromatic N) is 1. The molecule has 1 aromatic carbocycles. The highest BCUT2D eigenvalue weighted by Crippen LogP contribution is 2.20. The second-order valence-electron chi connectivity index (χ2n) is 7.65. The number of carboxylic acid groups (broad SMARTS) is 1. The van der Waals surface area contributed by atoms with Crippen molar-refractivity contribution in [2.45, 2.75) is 39.7 Å². The SMILES string of the molecule is CCOC(=O)[C@H](Cc1ccc(-c2ccoc2)cc1)NC(=O)N(CCC(=O)O)CC(C)C. The summed E-state index contributed by atoms with van der Waals surface area (Å²) in [5, 5.41) is 11.7. The van der Waals surface area contributed by atoms with Crippen molar-refractivity contribution in [1.82, 2.24) is 10.2 Å². The van der Waals surface area contributed by atoms with Crippen molar-refractivity contribution in [3.63, 3.8) is 0 Å². The summed E-state index contributed by atoms with van der Waals surface area (Å²) < 4.78 is 10.2. The maximum atomic E-state index is 12.8. The lowest BCUT2D eigenvalue weighted by atomic mass is 10.0. The third-order valence-electron chi connectivity index (χ3n) is 4.59. The Morgan fingerprint density at radius 2 is 1.84 bits per heavy atom. The van der Waals surface area contributed by atoms with Gasteiger partial charge in [0.05, 0.1) is 25.6 Å². The van der Waals surface area contributed by atoms with Gasteiger partial charge in [-0.05, 0) is 30.0 Å². The van der Waals surface area contributed by atoms with Gasteiger partial charge < -0.3 is 24.5 Å². The van der Waals surface area contributed by atoms with Gasteiger partial charge in [-0.1, -0.05) is 38.1 Å². The third kappa shape index (κ3) is 7.81. The number of ether oxygens (including phenoxy) is 1. The molecule has 2 N–H and O–H groups in total. The Hall–Kier alpha value is -3.29.